The van der Waals surface area contributed by atoms with E-state index in [1.54, 1.807) is 48.5 Å². The van der Waals surface area contributed by atoms with E-state index in [2.05, 4.69) is 10.6 Å². The summed E-state index contributed by atoms with van der Waals surface area (Å²) in [5, 5.41) is 5.44. The molecule has 3 amide bonds. The molecule has 0 fully saturated rings. The van der Waals surface area contributed by atoms with Crippen LogP contribution in [-0.4, -0.2) is 35.2 Å². The number of imide groups is 1. The molecular weight excluding hydrogens is 506 g/mol. The van der Waals surface area contributed by atoms with Gasteiger partial charge in [-0.1, -0.05) is 61.8 Å². The summed E-state index contributed by atoms with van der Waals surface area (Å²) in [4.78, 5) is 51.5. The van der Waals surface area contributed by atoms with Crippen molar-refractivity contribution in [1.29, 1.82) is 0 Å². The molecule has 0 saturated heterocycles. The number of carbonyl (C=O) groups is 4. The molecule has 3 aromatic carbocycles. The van der Waals surface area contributed by atoms with Gasteiger partial charge in [0, 0.05) is 16.9 Å². The van der Waals surface area contributed by atoms with Gasteiger partial charge in [-0.3, -0.25) is 19.3 Å². The zero-order valence-electron chi connectivity index (χ0n) is 20.9. The lowest BCUT2D eigenvalue weighted by Crippen LogP contribution is -2.31. The molecule has 1 aliphatic heterocycles. The maximum Gasteiger partial charge on any atom is 0.338 e. The van der Waals surface area contributed by atoms with Crippen LogP contribution in [0.4, 0.5) is 11.4 Å². The summed E-state index contributed by atoms with van der Waals surface area (Å²) in [6.45, 7) is 4.33. The molecule has 4 rings (SSSR count). The van der Waals surface area contributed by atoms with E-state index >= 15 is 0 Å². The largest absolute Gasteiger partial charge is 0.462 e. The fraction of sp³-hybridized carbons (Fsp3) is 0.172. The normalized spacial score (nSPS) is 13.2. The summed E-state index contributed by atoms with van der Waals surface area (Å²) >= 11 is 6.21. The van der Waals surface area contributed by atoms with Crippen molar-refractivity contribution in [3.8, 4) is 0 Å². The monoisotopic (exact) mass is 531 g/mol. The number of esters is 1. The first kappa shape index (κ1) is 26.6. The quantitative estimate of drug-likeness (QED) is 0.291. The highest BCUT2D eigenvalue weighted by Gasteiger charge is 2.37. The second-order valence-corrected chi connectivity index (χ2v) is 9.48. The minimum absolute atomic E-state index is 0.0508. The van der Waals surface area contributed by atoms with Crippen LogP contribution in [0.25, 0.3) is 0 Å². The van der Waals surface area contributed by atoms with Crippen molar-refractivity contribution in [3.63, 3.8) is 0 Å². The summed E-state index contributed by atoms with van der Waals surface area (Å²) in [6, 6.07) is 21.9. The number of rotatable bonds is 9. The first-order valence-electron chi connectivity index (χ1n) is 12.0. The van der Waals surface area contributed by atoms with Gasteiger partial charge >= 0.3 is 5.97 Å². The van der Waals surface area contributed by atoms with Crippen molar-refractivity contribution >= 4 is 46.7 Å². The number of anilines is 2. The van der Waals surface area contributed by atoms with Gasteiger partial charge in [-0.15, -0.1) is 0 Å². The van der Waals surface area contributed by atoms with Crippen LogP contribution in [0.1, 0.15) is 40.1 Å². The Morgan fingerprint density at radius 3 is 2.26 bits per heavy atom. The lowest BCUT2D eigenvalue weighted by molar-refractivity contribution is -0.138. The molecule has 9 heteroatoms. The SMILES string of the molecule is CC(C)COC(=O)c1ccc(NC(=O)c2cccc(NC3=C(Cl)C(=O)N(Cc4ccccc4)C3=O)c2)cc1. The zero-order chi connectivity index (χ0) is 27.2. The van der Waals surface area contributed by atoms with E-state index in [1.165, 1.54) is 0 Å². The lowest BCUT2D eigenvalue weighted by atomic mass is 10.1. The summed E-state index contributed by atoms with van der Waals surface area (Å²) in [5.74, 6) is -1.73. The predicted octanol–water partition coefficient (Wildman–Crippen LogP) is 5.18. The summed E-state index contributed by atoms with van der Waals surface area (Å²) in [6.07, 6.45) is 0. The fourth-order valence-corrected chi connectivity index (χ4v) is 3.90. The van der Waals surface area contributed by atoms with E-state index in [1.807, 2.05) is 44.2 Å². The van der Waals surface area contributed by atoms with Crippen LogP contribution in [-0.2, 0) is 20.9 Å². The second kappa shape index (κ2) is 11.7. The van der Waals surface area contributed by atoms with Gasteiger partial charge in [0.2, 0.25) is 0 Å². The number of nitrogens with one attached hydrogen (secondary N) is 2. The van der Waals surface area contributed by atoms with E-state index in [9.17, 15) is 19.2 Å². The Kier molecular flexibility index (Phi) is 8.23. The van der Waals surface area contributed by atoms with Crippen LogP contribution in [0.5, 0.6) is 0 Å². The van der Waals surface area contributed by atoms with Crippen molar-refractivity contribution in [1.82, 2.24) is 4.90 Å². The highest BCUT2D eigenvalue weighted by molar-refractivity contribution is 6.48. The fourth-order valence-electron chi connectivity index (χ4n) is 3.67. The molecule has 0 atom stereocenters. The molecule has 0 spiro atoms. The molecule has 38 heavy (non-hydrogen) atoms. The van der Waals surface area contributed by atoms with E-state index in [0.717, 1.165) is 10.5 Å². The minimum Gasteiger partial charge on any atom is -0.462 e. The number of ether oxygens (including phenoxy) is 1. The van der Waals surface area contributed by atoms with Gasteiger partial charge in [0.1, 0.15) is 10.7 Å². The molecule has 8 nitrogen and oxygen atoms in total. The van der Waals surface area contributed by atoms with Crippen LogP contribution in [0.2, 0.25) is 0 Å². The number of amides is 3. The summed E-state index contributed by atoms with van der Waals surface area (Å²) in [5.41, 5.74) is 2.34. The molecule has 194 valence electrons. The summed E-state index contributed by atoms with van der Waals surface area (Å²) < 4.78 is 5.21. The highest BCUT2D eigenvalue weighted by atomic mass is 35.5. The zero-order valence-corrected chi connectivity index (χ0v) is 21.6. The van der Waals surface area contributed by atoms with E-state index < -0.39 is 23.7 Å². The Morgan fingerprint density at radius 1 is 0.868 bits per heavy atom. The molecule has 1 heterocycles. The second-order valence-electron chi connectivity index (χ2n) is 9.10. The van der Waals surface area contributed by atoms with Crippen LogP contribution in [0.3, 0.4) is 0 Å². The first-order valence-corrected chi connectivity index (χ1v) is 12.4. The first-order chi connectivity index (χ1) is 18.2. The van der Waals surface area contributed by atoms with Gasteiger partial charge in [-0.2, -0.15) is 0 Å². The van der Waals surface area contributed by atoms with Crippen molar-refractivity contribution < 1.29 is 23.9 Å². The smallest absolute Gasteiger partial charge is 0.338 e. The topological polar surface area (TPSA) is 105 Å². The van der Waals surface area contributed by atoms with Gasteiger partial charge in [0.05, 0.1) is 18.7 Å². The van der Waals surface area contributed by atoms with Crippen LogP contribution < -0.4 is 10.6 Å². The van der Waals surface area contributed by atoms with Gasteiger partial charge in [-0.25, -0.2) is 4.79 Å². The Morgan fingerprint density at radius 2 is 1.58 bits per heavy atom. The molecule has 0 unspecified atom stereocenters. The van der Waals surface area contributed by atoms with E-state index in [4.69, 9.17) is 16.3 Å². The van der Waals surface area contributed by atoms with Gasteiger partial charge < -0.3 is 15.4 Å². The molecule has 3 aromatic rings. The molecular formula is C29H26ClN3O5. The van der Waals surface area contributed by atoms with Crippen molar-refractivity contribution in [2.45, 2.75) is 20.4 Å². The number of hydrogen-bond acceptors (Lipinski definition) is 6. The Hall–Kier alpha value is -4.43. The Balaban J connectivity index is 1.41. The number of carbonyl (C=O) groups excluding carboxylic acids is 4. The van der Waals surface area contributed by atoms with Gasteiger partial charge in [0.25, 0.3) is 17.7 Å². The van der Waals surface area contributed by atoms with Gasteiger partial charge in [0.15, 0.2) is 0 Å². The van der Waals surface area contributed by atoms with Crippen LogP contribution in [0, 0.1) is 5.92 Å². The molecule has 0 radical (unpaired) electrons. The van der Waals surface area contributed by atoms with Crippen molar-refractivity contribution in [2.75, 3.05) is 17.2 Å². The third kappa shape index (κ3) is 6.27. The molecule has 1 aliphatic rings. The third-order valence-electron chi connectivity index (χ3n) is 5.62. The van der Waals surface area contributed by atoms with Crippen molar-refractivity contribution in [2.24, 2.45) is 5.92 Å². The van der Waals surface area contributed by atoms with Gasteiger partial charge in [-0.05, 0) is 53.9 Å². The summed E-state index contributed by atoms with van der Waals surface area (Å²) in [7, 11) is 0. The van der Waals surface area contributed by atoms with Crippen LogP contribution >= 0.6 is 11.6 Å². The predicted molar refractivity (Wildman–Crippen MR) is 144 cm³/mol. The third-order valence-corrected chi connectivity index (χ3v) is 5.97. The lowest BCUT2D eigenvalue weighted by Gasteiger charge is -2.15. The maximum atomic E-state index is 12.9. The molecule has 0 bridgehead atoms. The number of nitrogens with zero attached hydrogens (tertiary/aromatic N) is 1. The Bertz CT molecular complexity index is 1400. The number of hydrogen-bond donors (Lipinski definition) is 2. The van der Waals surface area contributed by atoms with E-state index in [0.29, 0.717) is 29.1 Å². The minimum atomic E-state index is -0.589. The standard InChI is InChI=1S/C29H26ClN3O5/c1-18(2)17-38-29(37)20-11-13-22(14-12-20)32-26(34)21-9-6-10-23(15-21)31-25-24(30)27(35)33(28(25)36)16-19-7-4-3-5-8-19/h3-15,18,31H,16-17H2,1-2H3,(H,32,34). The number of benzene rings is 3. The maximum absolute atomic E-state index is 12.9. The highest BCUT2D eigenvalue weighted by Crippen LogP contribution is 2.27. The molecule has 0 aliphatic carbocycles. The van der Waals surface area contributed by atoms with Crippen molar-refractivity contribution in [3.05, 3.63) is 106 Å². The van der Waals surface area contributed by atoms with E-state index in [-0.39, 0.29) is 23.2 Å². The molecule has 0 saturated carbocycles. The molecule has 2 N–H and O–H groups in total. The van der Waals surface area contributed by atoms with Crippen LogP contribution in [0.15, 0.2) is 89.6 Å². The average Bonchev–Trinajstić information content (AvgIpc) is 3.11. The average molecular weight is 532 g/mol. The number of halogens is 1. The Labute approximate surface area is 225 Å². The molecule has 0 aromatic heterocycles.